The number of rotatable bonds is 4. The first-order valence-corrected chi connectivity index (χ1v) is 8.82. The van der Waals surface area contributed by atoms with Gasteiger partial charge in [0.2, 0.25) is 10.0 Å². The van der Waals surface area contributed by atoms with E-state index in [0.717, 1.165) is 24.1 Å². The highest BCUT2D eigenvalue weighted by molar-refractivity contribution is 7.89. The fourth-order valence-corrected chi connectivity index (χ4v) is 3.77. The number of likely N-dealkylation sites (N-methyl/N-ethyl adjacent to an activating group) is 1. The highest BCUT2D eigenvalue weighted by Crippen LogP contribution is 2.18. The zero-order valence-corrected chi connectivity index (χ0v) is 15.5. The summed E-state index contributed by atoms with van der Waals surface area (Å²) in [5.41, 5.74) is 2.60. The molecule has 21 heavy (non-hydrogen) atoms. The lowest BCUT2D eigenvalue weighted by Crippen LogP contribution is -3.00. The molecule has 0 amide bonds. The number of hydrogen-bond acceptors (Lipinski definition) is 2. The third kappa shape index (κ3) is 4.77. The molecule has 0 aromatic heterocycles. The summed E-state index contributed by atoms with van der Waals surface area (Å²) in [5.74, 6) is 0.203. The summed E-state index contributed by atoms with van der Waals surface area (Å²) in [6.07, 6.45) is 0. The van der Waals surface area contributed by atoms with E-state index in [1.54, 1.807) is 11.2 Å². The predicted molar refractivity (Wildman–Crippen MR) is 81.8 cm³/mol. The van der Waals surface area contributed by atoms with E-state index < -0.39 is 10.0 Å². The zero-order chi connectivity index (χ0) is 14.8. The number of halogens is 1. The van der Waals surface area contributed by atoms with Crippen LogP contribution in [0, 0.1) is 6.92 Å². The second-order valence-corrected chi connectivity index (χ2v) is 8.27. The molecule has 1 heterocycles. The molecule has 1 aliphatic rings. The number of piperazine rings is 1. The van der Waals surface area contributed by atoms with E-state index >= 15 is 0 Å². The van der Waals surface area contributed by atoms with Crippen molar-refractivity contribution in [3.8, 4) is 0 Å². The molecule has 1 aliphatic heterocycles. The zero-order valence-electron chi connectivity index (χ0n) is 13.0. The van der Waals surface area contributed by atoms with Crippen LogP contribution in [0.5, 0.6) is 0 Å². The molecule has 0 aliphatic carbocycles. The molecule has 0 atom stereocenters. The van der Waals surface area contributed by atoms with Gasteiger partial charge in [-0.1, -0.05) is 29.8 Å². The van der Waals surface area contributed by atoms with Crippen LogP contribution in [0.3, 0.4) is 0 Å². The van der Waals surface area contributed by atoms with Crippen LogP contribution in [-0.2, 0) is 16.6 Å². The maximum Gasteiger partial charge on any atom is 0.214 e. The van der Waals surface area contributed by atoms with Gasteiger partial charge in [-0.05, 0) is 13.8 Å². The number of sulfonamides is 1. The maximum absolute atomic E-state index is 11.9. The second-order valence-electron chi connectivity index (χ2n) is 6.01. The minimum Gasteiger partial charge on any atom is -1.00 e. The van der Waals surface area contributed by atoms with Crippen molar-refractivity contribution in [1.82, 2.24) is 4.31 Å². The third-order valence-corrected chi connectivity index (χ3v) is 6.10. The number of nitrogens with zero attached hydrogens (tertiary/aromatic N) is 2. The molecule has 6 heteroatoms. The van der Waals surface area contributed by atoms with Crippen molar-refractivity contribution in [1.29, 1.82) is 0 Å². The summed E-state index contributed by atoms with van der Waals surface area (Å²) >= 11 is 0. The van der Waals surface area contributed by atoms with Crippen LogP contribution in [0.2, 0.25) is 0 Å². The number of aryl methyl sites for hydroxylation is 1. The van der Waals surface area contributed by atoms with Gasteiger partial charge in [-0.15, -0.1) is 0 Å². The van der Waals surface area contributed by atoms with Crippen LogP contribution in [0.4, 0.5) is 0 Å². The lowest BCUT2D eigenvalue weighted by molar-refractivity contribution is -0.925. The van der Waals surface area contributed by atoms with E-state index in [1.807, 2.05) is 0 Å². The van der Waals surface area contributed by atoms with Crippen LogP contribution in [0.15, 0.2) is 24.3 Å². The van der Waals surface area contributed by atoms with Crippen molar-refractivity contribution in [2.24, 2.45) is 0 Å². The Hall–Kier alpha value is -0.430. The summed E-state index contributed by atoms with van der Waals surface area (Å²) in [6.45, 7) is 7.82. The van der Waals surface area contributed by atoms with Crippen LogP contribution >= 0.6 is 0 Å². The van der Waals surface area contributed by atoms with Crippen LogP contribution in [0.25, 0.3) is 0 Å². The summed E-state index contributed by atoms with van der Waals surface area (Å²) < 4.78 is 26.3. The molecule has 120 valence electrons. The van der Waals surface area contributed by atoms with Crippen LogP contribution in [0.1, 0.15) is 18.1 Å². The third-order valence-electron chi connectivity index (χ3n) is 4.22. The minimum atomic E-state index is -3.03. The average molecular weight is 377 g/mol. The first-order valence-electron chi connectivity index (χ1n) is 7.21. The lowest BCUT2D eigenvalue weighted by atomic mass is 10.1. The van der Waals surface area contributed by atoms with Crippen molar-refractivity contribution in [3.05, 3.63) is 35.4 Å². The Kier molecular flexibility index (Phi) is 6.40. The lowest BCUT2D eigenvalue weighted by Gasteiger charge is -2.41. The molecule has 0 N–H and O–H groups in total. The summed E-state index contributed by atoms with van der Waals surface area (Å²) in [5, 5.41) is 0. The highest BCUT2D eigenvalue weighted by Gasteiger charge is 2.33. The molecule has 0 saturated carbocycles. The van der Waals surface area contributed by atoms with E-state index in [1.165, 1.54) is 11.1 Å². The van der Waals surface area contributed by atoms with Gasteiger partial charge in [0.1, 0.15) is 6.54 Å². The summed E-state index contributed by atoms with van der Waals surface area (Å²) in [4.78, 5) is 0. The normalized spacial score (nSPS) is 19.0. The standard InChI is InChI=1S/C15H25N2O2S.BrH/c1-4-20(18,19)16-9-11-17(3,12-10-16)13-15-7-5-14(2)6-8-15;/h5-8H,4,9-13H2,1-3H3;1H/q+1;/p-1. The summed E-state index contributed by atoms with van der Waals surface area (Å²) in [6, 6.07) is 8.63. The largest absolute Gasteiger partial charge is 1.00 e. The molecule has 0 bridgehead atoms. The molecule has 0 unspecified atom stereocenters. The second kappa shape index (κ2) is 7.22. The first-order chi connectivity index (χ1) is 9.35. The van der Waals surface area contributed by atoms with Crippen molar-refractivity contribution < 1.29 is 29.9 Å². The molecule has 1 saturated heterocycles. The Morgan fingerprint density at radius 3 is 2.14 bits per heavy atom. The van der Waals surface area contributed by atoms with Gasteiger partial charge in [0.15, 0.2) is 0 Å². The fourth-order valence-electron chi connectivity index (χ4n) is 2.68. The molecule has 4 nitrogen and oxygen atoms in total. The molecule has 1 fully saturated rings. The Bertz CT molecular complexity index is 550. The Morgan fingerprint density at radius 2 is 1.67 bits per heavy atom. The minimum absolute atomic E-state index is 0. The Balaban J connectivity index is 0.00000220. The quantitative estimate of drug-likeness (QED) is 0.606. The Labute approximate surface area is 139 Å². The number of quaternary nitrogens is 1. The monoisotopic (exact) mass is 376 g/mol. The van der Waals surface area contributed by atoms with Crippen molar-refractivity contribution in [2.45, 2.75) is 20.4 Å². The molecular formula is C15H25BrN2O2S. The van der Waals surface area contributed by atoms with Gasteiger partial charge >= 0.3 is 0 Å². The van der Waals surface area contributed by atoms with Crippen molar-refractivity contribution in [2.75, 3.05) is 39.0 Å². The smallest absolute Gasteiger partial charge is 0.214 e. The molecular weight excluding hydrogens is 352 g/mol. The molecule has 0 radical (unpaired) electrons. The van der Waals surface area contributed by atoms with E-state index in [0.29, 0.717) is 13.1 Å². The topological polar surface area (TPSA) is 37.4 Å². The molecule has 1 aromatic rings. The van der Waals surface area contributed by atoms with E-state index in [9.17, 15) is 8.42 Å². The number of hydrogen-bond donors (Lipinski definition) is 0. The number of benzene rings is 1. The van der Waals surface area contributed by atoms with Gasteiger partial charge in [-0.3, -0.25) is 0 Å². The molecule has 0 spiro atoms. The maximum atomic E-state index is 11.9. The summed E-state index contributed by atoms with van der Waals surface area (Å²) in [7, 11) is -0.809. The van der Waals surface area contributed by atoms with Gasteiger partial charge < -0.3 is 21.5 Å². The Morgan fingerprint density at radius 1 is 1.14 bits per heavy atom. The van der Waals surface area contributed by atoms with Gasteiger partial charge in [0.05, 0.1) is 39.0 Å². The highest BCUT2D eigenvalue weighted by atomic mass is 79.9. The van der Waals surface area contributed by atoms with Crippen molar-refractivity contribution >= 4 is 10.0 Å². The SMILES string of the molecule is CCS(=O)(=O)N1CC[N+](C)(Cc2ccc(C)cc2)CC1.[Br-]. The predicted octanol–water partition coefficient (Wildman–Crippen LogP) is -1.39. The van der Waals surface area contributed by atoms with E-state index in [-0.39, 0.29) is 22.7 Å². The molecule has 2 rings (SSSR count). The average Bonchev–Trinajstić information content (AvgIpc) is 2.42. The fraction of sp³-hybridized carbons (Fsp3) is 0.600. The van der Waals surface area contributed by atoms with E-state index in [4.69, 9.17) is 0 Å². The first kappa shape index (κ1) is 18.6. The van der Waals surface area contributed by atoms with Gasteiger partial charge in [0.25, 0.3) is 0 Å². The van der Waals surface area contributed by atoms with Crippen LogP contribution < -0.4 is 17.0 Å². The van der Waals surface area contributed by atoms with Crippen LogP contribution in [-0.4, -0.2) is 56.2 Å². The van der Waals surface area contributed by atoms with Gasteiger partial charge in [-0.25, -0.2) is 8.42 Å². The van der Waals surface area contributed by atoms with Crippen molar-refractivity contribution in [3.63, 3.8) is 0 Å². The molecule has 1 aromatic carbocycles. The van der Waals surface area contributed by atoms with Gasteiger partial charge in [0, 0.05) is 5.56 Å². The van der Waals surface area contributed by atoms with E-state index in [2.05, 4.69) is 38.2 Å². The van der Waals surface area contributed by atoms with Gasteiger partial charge in [-0.2, -0.15) is 4.31 Å².